The maximum atomic E-state index is 12.4. The Balaban J connectivity index is 4.86. The van der Waals surface area contributed by atoms with Gasteiger partial charge in [0.15, 0.2) is 0 Å². The minimum atomic E-state index is -3.27. The van der Waals surface area contributed by atoms with Crippen LogP contribution in [0.15, 0.2) is 0 Å². The van der Waals surface area contributed by atoms with E-state index in [1.54, 1.807) is 6.92 Å². The van der Waals surface area contributed by atoms with Crippen molar-refractivity contribution < 1.29 is 13.6 Å². The second-order valence-corrected chi connectivity index (χ2v) is 8.70. The quantitative estimate of drug-likeness (QED) is 0.555. The minimum absolute atomic E-state index is 0.538. The van der Waals surface area contributed by atoms with Crippen LogP contribution in [0.4, 0.5) is 0 Å². The van der Waals surface area contributed by atoms with Gasteiger partial charge in [-0.3, -0.25) is 4.57 Å². The molecule has 0 aliphatic heterocycles. The Hall–Kier alpha value is 0.440. The lowest BCUT2D eigenvalue weighted by Gasteiger charge is -2.33. The number of hydrogen-bond acceptors (Lipinski definition) is 3. The smallest absolute Gasteiger partial charge is 0.302 e. The number of rotatable bonds is 3. The molecule has 0 bridgehead atoms. The van der Waals surface area contributed by atoms with Gasteiger partial charge in [-0.1, -0.05) is 0 Å². The zero-order valence-electron chi connectivity index (χ0n) is 10.6. The molecule has 0 amide bonds. The van der Waals surface area contributed by atoms with Crippen molar-refractivity contribution in [1.82, 2.24) is 0 Å². The molecule has 0 spiro atoms. The van der Waals surface area contributed by atoms with Crippen LogP contribution in [0.1, 0.15) is 48.5 Å². The molecule has 0 aliphatic carbocycles. The summed E-state index contributed by atoms with van der Waals surface area (Å²) >= 11 is 5.88. The molecule has 1 atom stereocenters. The standard InChI is InChI=1S/C10H22ClO3P/c1-8(11)15(12,13-9(2,3)4)14-10(5,6)7/h8H,1-7H3. The molecular formula is C10H22ClO3P. The molecule has 15 heavy (non-hydrogen) atoms. The fraction of sp³-hybridized carbons (Fsp3) is 1.00. The van der Waals surface area contributed by atoms with Crippen molar-refractivity contribution in [3.63, 3.8) is 0 Å². The predicted molar refractivity (Wildman–Crippen MR) is 64.6 cm³/mol. The summed E-state index contributed by atoms with van der Waals surface area (Å²) < 4.78 is 23.3. The van der Waals surface area contributed by atoms with Gasteiger partial charge >= 0.3 is 7.60 Å². The molecule has 0 heterocycles. The van der Waals surface area contributed by atoms with Crippen LogP contribution in [0.2, 0.25) is 0 Å². The highest BCUT2D eigenvalue weighted by atomic mass is 35.5. The lowest BCUT2D eigenvalue weighted by molar-refractivity contribution is 0.0484. The van der Waals surface area contributed by atoms with Crippen molar-refractivity contribution in [3.05, 3.63) is 0 Å². The van der Waals surface area contributed by atoms with Gasteiger partial charge in [-0.2, -0.15) is 0 Å². The van der Waals surface area contributed by atoms with Gasteiger partial charge in [-0.05, 0) is 48.5 Å². The Kier molecular flexibility index (Phi) is 4.89. The Morgan fingerprint density at radius 1 is 1.00 bits per heavy atom. The highest BCUT2D eigenvalue weighted by molar-refractivity contribution is 7.56. The molecule has 0 aliphatic rings. The molecule has 3 nitrogen and oxygen atoms in total. The molecule has 0 rings (SSSR count). The monoisotopic (exact) mass is 256 g/mol. The highest BCUT2D eigenvalue weighted by Gasteiger charge is 2.39. The van der Waals surface area contributed by atoms with E-state index in [9.17, 15) is 4.57 Å². The van der Waals surface area contributed by atoms with E-state index in [4.69, 9.17) is 20.6 Å². The first-order valence-electron chi connectivity index (χ1n) is 5.01. The van der Waals surface area contributed by atoms with E-state index in [0.29, 0.717) is 0 Å². The van der Waals surface area contributed by atoms with Gasteiger partial charge in [0, 0.05) is 0 Å². The normalized spacial score (nSPS) is 16.5. The van der Waals surface area contributed by atoms with Gasteiger partial charge in [0.2, 0.25) is 0 Å². The van der Waals surface area contributed by atoms with Gasteiger partial charge in [-0.15, -0.1) is 11.6 Å². The molecule has 0 aromatic heterocycles. The molecule has 0 saturated heterocycles. The van der Waals surface area contributed by atoms with E-state index in [0.717, 1.165) is 0 Å². The first-order valence-corrected chi connectivity index (χ1v) is 7.06. The summed E-state index contributed by atoms with van der Waals surface area (Å²) in [6, 6.07) is 0. The van der Waals surface area contributed by atoms with Gasteiger partial charge in [0.25, 0.3) is 0 Å². The summed E-state index contributed by atoms with van der Waals surface area (Å²) in [5.41, 5.74) is -1.08. The van der Waals surface area contributed by atoms with E-state index in [1.165, 1.54) is 0 Å². The molecule has 0 saturated carbocycles. The van der Waals surface area contributed by atoms with Crippen molar-refractivity contribution in [2.75, 3.05) is 0 Å². The topological polar surface area (TPSA) is 35.5 Å². The molecular weight excluding hydrogens is 235 g/mol. The minimum Gasteiger partial charge on any atom is -0.302 e. The molecule has 0 radical (unpaired) electrons. The van der Waals surface area contributed by atoms with Crippen LogP contribution >= 0.6 is 19.2 Å². The van der Waals surface area contributed by atoms with E-state index in [2.05, 4.69) is 0 Å². The molecule has 0 fully saturated rings. The maximum absolute atomic E-state index is 12.4. The third kappa shape index (κ3) is 6.57. The van der Waals surface area contributed by atoms with Gasteiger partial charge in [0.05, 0.1) is 11.2 Å². The van der Waals surface area contributed by atoms with E-state index in [1.807, 2.05) is 41.5 Å². The Labute approximate surface area is 98.0 Å². The van der Waals surface area contributed by atoms with Crippen LogP contribution in [0.3, 0.4) is 0 Å². The average Bonchev–Trinajstić information content (AvgIpc) is 1.75. The Morgan fingerprint density at radius 3 is 1.40 bits per heavy atom. The predicted octanol–water partition coefficient (Wildman–Crippen LogP) is 4.39. The van der Waals surface area contributed by atoms with Crippen molar-refractivity contribution in [2.45, 2.75) is 64.8 Å². The van der Waals surface area contributed by atoms with Crippen LogP contribution in [0, 0.1) is 0 Å². The van der Waals surface area contributed by atoms with Crippen LogP contribution in [-0.2, 0) is 13.6 Å². The van der Waals surface area contributed by atoms with Crippen molar-refractivity contribution in [3.8, 4) is 0 Å². The summed E-state index contributed by atoms with van der Waals surface area (Å²) in [4.78, 5) is 0. The molecule has 0 aromatic rings. The fourth-order valence-electron chi connectivity index (χ4n) is 0.927. The van der Waals surface area contributed by atoms with E-state index < -0.39 is 23.9 Å². The molecule has 1 unspecified atom stereocenters. The van der Waals surface area contributed by atoms with Gasteiger partial charge in [0.1, 0.15) is 5.12 Å². The van der Waals surface area contributed by atoms with Crippen LogP contribution in [-0.4, -0.2) is 16.3 Å². The number of hydrogen-bond donors (Lipinski definition) is 0. The lowest BCUT2D eigenvalue weighted by atomic mass is 10.2. The Morgan fingerprint density at radius 2 is 1.27 bits per heavy atom. The van der Waals surface area contributed by atoms with Gasteiger partial charge < -0.3 is 9.05 Å². The average molecular weight is 257 g/mol. The molecule has 92 valence electrons. The molecule has 0 N–H and O–H groups in total. The molecule has 0 aromatic carbocycles. The van der Waals surface area contributed by atoms with Crippen LogP contribution < -0.4 is 0 Å². The largest absolute Gasteiger partial charge is 0.349 e. The summed E-state index contributed by atoms with van der Waals surface area (Å²) in [5, 5.41) is -0.657. The second kappa shape index (κ2) is 4.75. The highest BCUT2D eigenvalue weighted by Crippen LogP contribution is 2.59. The fourth-order valence-corrected chi connectivity index (χ4v) is 3.02. The number of halogens is 1. The van der Waals surface area contributed by atoms with Crippen molar-refractivity contribution >= 4 is 19.2 Å². The third-order valence-corrected chi connectivity index (χ3v) is 4.43. The van der Waals surface area contributed by atoms with E-state index >= 15 is 0 Å². The number of alkyl halides is 1. The zero-order valence-corrected chi connectivity index (χ0v) is 12.3. The van der Waals surface area contributed by atoms with Gasteiger partial charge in [-0.25, -0.2) is 0 Å². The summed E-state index contributed by atoms with van der Waals surface area (Å²) in [7, 11) is -3.27. The zero-order chi connectivity index (χ0) is 12.5. The third-order valence-electron chi connectivity index (χ3n) is 1.24. The first-order chi connectivity index (χ1) is 6.36. The first kappa shape index (κ1) is 15.4. The second-order valence-electron chi connectivity index (χ2n) is 5.52. The lowest BCUT2D eigenvalue weighted by Crippen LogP contribution is -2.26. The Bertz CT molecular complexity index is 230. The van der Waals surface area contributed by atoms with Crippen LogP contribution in [0.25, 0.3) is 0 Å². The van der Waals surface area contributed by atoms with Crippen molar-refractivity contribution in [2.24, 2.45) is 0 Å². The summed E-state index contributed by atoms with van der Waals surface area (Å²) in [6.45, 7) is 12.6. The summed E-state index contributed by atoms with van der Waals surface area (Å²) in [5.74, 6) is 0. The van der Waals surface area contributed by atoms with Crippen LogP contribution in [0.5, 0.6) is 0 Å². The summed E-state index contributed by atoms with van der Waals surface area (Å²) in [6.07, 6.45) is 0. The molecule has 5 heteroatoms. The SMILES string of the molecule is CC(Cl)P(=O)(OC(C)(C)C)OC(C)(C)C. The maximum Gasteiger partial charge on any atom is 0.349 e. The van der Waals surface area contributed by atoms with E-state index in [-0.39, 0.29) is 0 Å². The van der Waals surface area contributed by atoms with Crippen molar-refractivity contribution in [1.29, 1.82) is 0 Å².